The summed E-state index contributed by atoms with van der Waals surface area (Å²) in [6.07, 6.45) is 0.673. The minimum absolute atomic E-state index is 0.0558. The van der Waals surface area contributed by atoms with Crippen molar-refractivity contribution in [2.45, 2.75) is 39.2 Å². The number of aliphatic carboxylic acids is 1. The molecular formula is C19H28N2O6. The lowest BCUT2D eigenvalue weighted by Crippen LogP contribution is -2.51. The number of nitrogens with zero attached hydrogens (tertiary/aromatic N) is 1. The Bertz CT molecular complexity index is 646. The normalized spacial score (nSPS) is 15.7. The van der Waals surface area contributed by atoms with E-state index in [2.05, 4.69) is 5.32 Å². The predicted octanol–water partition coefficient (Wildman–Crippen LogP) is 2.21. The molecule has 0 radical (unpaired) electrons. The molecule has 1 saturated heterocycles. The first kappa shape index (κ1) is 22.4. The third-order valence-corrected chi connectivity index (χ3v) is 4.08. The number of amides is 2. The summed E-state index contributed by atoms with van der Waals surface area (Å²) in [5.74, 6) is -2.35. The Balaban J connectivity index is 0.00000176. The van der Waals surface area contributed by atoms with Crippen LogP contribution >= 0.6 is 0 Å². The molecule has 0 spiro atoms. The zero-order chi connectivity index (χ0) is 20.4. The first-order chi connectivity index (χ1) is 12.9. The van der Waals surface area contributed by atoms with E-state index >= 15 is 0 Å². The topological polar surface area (TPSA) is 105 Å². The molecule has 27 heavy (non-hydrogen) atoms. The second-order valence-electron chi connectivity index (χ2n) is 5.64. The lowest BCUT2D eigenvalue weighted by molar-refractivity contribution is -0.183. The summed E-state index contributed by atoms with van der Waals surface area (Å²) in [6, 6.07) is 6.61. The van der Waals surface area contributed by atoms with E-state index in [1.807, 2.05) is 13.8 Å². The fourth-order valence-corrected chi connectivity index (χ4v) is 2.68. The number of methoxy groups -OCH3 is 1. The average molecular weight is 380 g/mol. The van der Waals surface area contributed by atoms with Gasteiger partial charge in [0.2, 0.25) is 0 Å². The van der Waals surface area contributed by atoms with Gasteiger partial charge in [-0.2, -0.15) is 0 Å². The van der Waals surface area contributed by atoms with E-state index in [1.54, 1.807) is 36.1 Å². The number of anilines is 1. The first-order valence-electron chi connectivity index (χ1n) is 9.04. The van der Waals surface area contributed by atoms with Crippen LogP contribution in [0.25, 0.3) is 0 Å². The average Bonchev–Trinajstić information content (AvgIpc) is 2.68. The molecule has 1 atom stereocenters. The maximum absolute atomic E-state index is 12.1. The molecule has 0 aliphatic carbocycles. The van der Waals surface area contributed by atoms with Crippen molar-refractivity contribution in [3.8, 4) is 0 Å². The number of ether oxygens (including phenoxy) is 2. The van der Waals surface area contributed by atoms with E-state index in [9.17, 15) is 19.5 Å². The van der Waals surface area contributed by atoms with E-state index in [4.69, 9.17) is 9.47 Å². The second-order valence-corrected chi connectivity index (χ2v) is 5.64. The Kier molecular flexibility index (Phi) is 8.74. The van der Waals surface area contributed by atoms with Crippen LogP contribution in [0.5, 0.6) is 0 Å². The van der Waals surface area contributed by atoms with E-state index < -0.39 is 17.5 Å². The molecule has 1 aromatic carbocycles. The number of nitrogens with one attached hydrogen (secondary N) is 1. The number of carbonyl (C=O) groups excluding carboxylic acids is 2. The lowest BCUT2D eigenvalue weighted by atomic mass is 9.94. The van der Waals surface area contributed by atoms with Gasteiger partial charge in [0, 0.05) is 32.3 Å². The molecular weight excluding hydrogens is 352 g/mol. The summed E-state index contributed by atoms with van der Waals surface area (Å²) in [5, 5.41) is 12.3. The number of hydrogen-bond donors (Lipinski definition) is 2. The standard InChI is InChI=1S/C17H22N2O6.C2H6/c1-3-25-15(22)17(24-2,14(20)21)11-12-5-7-13(8-6-12)19-10-4-9-18-16(19)23;1-2/h5-8H,3-4,9-11H2,1-2H3,(H,18,23)(H,20,21);1-2H3. The Hall–Kier alpha value is -2.61. The summed E-state index contributed by atoms with van der Waals surface area (Å²) in [7, 11) is 1.16. The quantitative estimate of drug-likeness (QED) is 0.555. The van der Waals surface area contributed by atoms with Crippen LogP contribution in [0.2, 0.25) is 0 Å². The molecule has 1 fully saturated rings. The van der Waals surface area contributed by atoms with Crippen LogP contribution < -0.4 is 10.2 Å². The summed E-state index contributed by atoms with van der Waals surface area (Å²) < 4.78 is 9.89. The molecule has 1 aliphatic rings. The monoisotopic (exact) mass is 380 g/mol. The molecule has 2 N–H and O–H groups in total. The van der Waals surface area contributed by atoms with E-state index in [0.717, 1.165) is 13.5 Å². The molecule has 2 rings (SSSR count). The summed E-state index contributed by atoms with van der Waals surface area (Å²) in [4.78, 5) is 37.2. The maximum atomic E-state index is 12.1. The fourth-order valence-electron chi connectivity index (χ4n) is 2.68. The van der Waals surface area contributed by atoms with Crippen LogP contribution in [0.1, 0.15) is 32.8 Å². The third-order valence-electron chi connectivity index (χ3n) is 4.08. The number of hydrogen-bond acceptors (Lipinski definition) is 5. The number of esters is 1. The zero-order valence-electron chi connectivity index (χ0n) is 16.3. The molecule has 1 unspecified atom stereocenters. The second kappa shape index (κ2) is 10.5. The Morgan fingerprint density at radius 2 is 1.89 bits per heavy atom. The van der Waals surface area contributed by atoms with Gasteiger partial charge in [-0.25, -0.2) is 14.4 Å². The molecule has 0 aromatic heterocycles. The van der Waals surface area contributed by atoms with Gasteiger partial charge in [0.05, 0.1) is 6.61 Å². The molecule has 1 aliphatic heterocycles. The third kappa shape index (κ3) is 5.19. The first-order valence-corrected chi connectivity index (χ1v) is 9.04. The van der Waals surface area contributed by atoms with Crippen LogP contribution in [0.3, 0.4) is 0 Å². The van der Waals surface area contributed by atoms with Crippen molar-refractivity contribution in [3.05, 3.63) is 29.8 Å². The van der Waals surface area contributed by atoms with Crippen LogP contribution in [0.4, 0.5) is 10.5 Å². The van der Waals surface area contributed by atoms with Crippen molar-refractivity contribution in [2.75, 3.05) is 31.7 Å². The highest BCUT2D eigenvalue weighted by Crippen LogP contribution is 2.23. The van der Waals surface area contributed by atoms with E-state index in [1.165, 1.54) is 0 Å². The van der Waals surface area contributed by atoms with Gasteiger partial charge in [0.1, 0.15) is 0 Å². The van der Waals surface area contributed by atoms with Gasteiger partial charge in [0.25, 0.3) is 5.60 Å². The predicted molar refractivity (Wildman–Crippen MR) is 101 cm³/mol. The van der Waals surface area contributed by atoms with Crippen LogP contribution in [0, 0.1) is 0 Å². The minimum Gasteiger partial charge on any atom is -0.479 e. The van der Waals surface area contributed by atoms with Crippen LogP contribution in [-0.4, -0.2) is 55.5 Å². The largest absolute Gasteiger partial charge is 0.479 e. The SMILES string of the molecule is CC.CCOC(=O)C(Cc1ccc(N2CCCNC2=O)cc1)(OC)C(=O)O. The van der Waals surface area contributed by atoms with Gasteiger partial charge in [-0.15, -0.1) is 0 Å². The molecule has 150 valence electrons. The number of benzene rings is 1. The van der Waals surface area contributed by atoms with Crippen molar-refractivity contribution in [3.63, 3.8) is 0 Å². The number of carboxylic acid groups (broad SMARTS) is 1. The smallest absolute Gasteiger partial charge is 0.350 e. The van der Waals surface area contributed by atoms with Gasteiger partial charge in [-0.1, -0.05) is 26.0 Å². The summed E-state index contributed by atoms with van der Waals surface area (Å²) in [5.41, 5.74) is -0.811. The summed E-state index contributed by atoms with van der Waals surface area (Å²) >= 11 is 0. The van der Waals surface area contributed by atoms with Crippen molar-refractivity contribution < 1.29 is 29.0 Å². The number of carbonyl (C=O) groups is 3. The molecule has 2 amide bonds. The minimum atomic E-state index is -2.10. The maximum Gasteiger partial charge on any atom is 0.350 e. The number of urea groups is 1. The highest BCUT2D eigenvalue weighted by molar-refractivity contribution is 6.03. The van der Waals surface area contributed by atoms with Gasteiger partial charge in [0.15, 0.2) is 0 Å². The number of rotatable bonds is 7. The van der Waals surface area contributed by atoms with E-state index in [-0.39, 0.29) is 19.1 Å². The van der Waals surface area contributed by atoms with Gasteiger partial charge in [-0.05, 0) is 31.0 Å². The molecule has 1 heterocycles. The molecule has 8 heteroatoms. The zero-order valence-corrected chi connectivity index (χ0v) is 16.3. The molecule has 0 saturated carbocycles. The van der Waals surface area contributed by atoms with Crippen molar-refractivity contribution in [1.82, 2.24) is 5.32 Å². The van der Waals surface area contributed by atoms with Gasteiger partial charge in [-0.3, -0.25) is 4.90 Å². The highest BCUT2D eigenvalue weighted by Gasteiger charge is 2.48. The molecule has 8 nitrogen and oxygen atoms in total. The Morgan fingerprint density at radius 1 is 1.26 bits per heavy atom. The Labute approximate surface area is 159 Å². The molecule has 0 bridgehead atoms. The van der Waals surface area contributed by atoms with Crippen molar-refractivity contribution >= 4 is 23.7 Å². The van der Waals surface area contributed by atoms with Crippen LogP contribution in [-0.2, 0) is 25.5 Å². The van der Waals surface area contributed by atoms with Crippen molar-refractivity contribution in [1.29, 1.82) is 0 Å². The van der Waals surface area contributed by atoms with Crippen molar-refractivity contribution in [2.24, 2.45) is 0 Å². The Morgan fingerprint density at radius 3 is 2.37 bits per heavy atom. The lowest BCUT2D eigenvalue weighted by Gasteiger charge is -2.28. The van der Waals surface area contributed by atoms with Crippen LogP contribution in [0.15, 0.2) is 24.3 Å². The summed E-state index contributed by atoms with van der Waals surface area (Å²) in [6.45, 7) is 6.92. The fraction of sp³-hybridized carbons (Fsp3) is 0.526. The van der Waals surface area contributed by atoms with Gasteiger partial charge >= 0.3 is 18.0 Å². The molecule has 1 aromatic rings. The van der Waals surface area contributed by atoms with E-state index in [0.29, 0.717) is 24.3 Å². The number of carboxylic acids is 1. The highest BCUT2D eigenvalue weighted by atomic mass is 16.6. The van der Waals surface area contributed by atoms with Gasteiger partial charge < -0.3 is 19.9 Å².